The lowest BCUT2D eigenvalue weighted by molar-refractivity contribution is -0.274. The summed E-state index contributed by atoms with van der Waals surface area (Å²) in [5, 5.41) is 9.32. The van der Waals surface area contributed by atoms with Crippen molar-refractivity contribution in [2.24, 2.45) is 0 Å². The van der Waals surface area contributed by atoms with Crippen molar-refractivity contribution in [3.63, 3.8) is 0 Å². The number of aromatic nitrogens is 2. The molecule has 1 aromatic heterocycles. The van der Waals surface area contributed by atoms with Gasteiger partial charge in [0.15, 0.2) is 5.60 Å². The molecule has 3 aromatic rings. The van der Waals surface area contributed by atoms with Crippen molar-refractivity contribution in [2.75, 3.05) is 11.4 Å². The van der Waals surface area contributed by atoms with Gasteiger partial charge in [0.2, 0.25) is 5.95 Å². The van der Waals surface area contributed by atoms with Gasteiger partial charge in [-0.15, -0.1) is 13.2 Å². The van der Waals surface area contributed by atoms with Gasteiger partial charge in [0.05, 0.1) is 4.47 Å². The minimum atomic E-state index is -4.75. The molecule has 38 heavy (non-hydrogen) atoms. The van der Waals surface area contributed by atoms with Crippen LogP contribution in [0.2, 0.25) is 0 Å². The van der Waals surface area contributed by atoms with E-state index in [4.69, 9.17) is 4.74 Å². The summed E-state index contributed by atoms with van der Waals surface area (Å²) in [4.78, 5) is 22.4. The summed E-state index contributed by atoms with van der Waals surface area (Å²) in [6.07, 6.45) is -0.621. The summed E-state index contributed by atoms with van der Waals surface area (Å²) in [7, 11) is 0. The summed E-state index contributed by atoms with van der Waals surface area (Å²) in [6, 6.07) is 11.1. The van der Waals surface area contributed by atoms with Crippen LogP contribution in [0.3, 0.4) is 0 Å². The molecule has 1 heterocycles. The Hall–Kier alpha value is -3.34. The molecule has 0 aliphatic carbocycles. The van der Waals surface area contributed by atoms with E-state index < -0.39 is 17.9 Å². The van der Waals surface area contributed by atoms with Gasteiger partial charge in [-0.05, 0) is 83.1 Å². The molecule has 0 fully saturated rings. The Morgan fingerprint density at radius 2 is 1.63 bits per heavy atom. The van der Waals surface area contributed by atoms with Gasteiger partial charge in [-0.3, -0.25) is 0 Å². The molecule has 0 bridgehead atoms. The lowest BCUT2D eigenvalue weighted by Gasteiger charge is -2.24. The molecular formula is C27H29BrF3N3O4. The predicted octanol–water partition coefficient (Wildman–Crippen LogP) is 6.75. The van der Waals surface area contributed by atoms with Gasteiger partial charge in [-0.1, -0.05) is 32.0 Å². The number of nitrogens with zero attached hydrogens (tertiary/aromatic N) is 3. The van der Waals surface area contributed by atoms with Crippen LogP contribution in [0.1, 0.15) is 50.3 Å². The van der Waals surface area contributed by atoms with E-state index in [1.54, 1.807) is 30.6 Å². The summed E-state index contributed by atoms with van der Waals surface area (Å²) >= 11 is 3.46. The first kappa shape index (κ1) is 29.2. The Labute approximate surface area is 227 Å². The lowest BCUT2D eigenvalue weighted by Crippen LogP contribution is -2.38. The molecular weight excluding hydrogens is 567 g/mol. The number of halogens is 4. The number of alkyl halides is 3. The summed E-state index contributed by atoms with van der Waals surface area (Å²) in [5.74, 6) is -0.198. The normalized spacial score (nSPS) is 11.9. The maximum absolute atomic E-state index is 12.5. The van der Waals surface area contributed by atoms with Gasteiger partial charge in [0, 0.05) is 25.5 Å². The van der Waals surface area contributed by atoms with Crippen molar-refractivity contribution in [1.29, 1.82) is 0 Å². The molecule has 204 valence electrons. The third kappa shape index (κ3) is 8.34. The second-order valence-electron chi connectivity index (χ2n) is 9.52. The molecule has 2 aromatic carbocycles. The average molecular weight is 596 g/mol. The Morgan fingerprint density at radius 1 is 1.03 bits per heavy atom. The number of carboxylic acids is 1. The average Bonchev–Trinajstić information content (AvgIpc) is 2.83. The van der Waals surface area contributed by atoms with Crippen molar-refractivity contribution < 1.29 is 32.5 Å². The number of aliphatic carboxylic acids is 1. The zero-order valence-corrected chi connectivity index (χ0v) is 23.0. The molecule has 0 unspecified atom stereocenters. The highest BCUT2D eigenvalue weighted by Gasteiger charge is 2.31. The first-order valence-corrected chi connectivity index (χ1v) is 12.7. The smallest absolute Gasteiger partial charge is 0.478 e. The fraction of sp³-hybridized carbons (Fsp3) is 0.370. The number of benzene rings is 2. The maximum Gasteiger partial charge on any atom is 0.573 e. The largest absolute Gasteiger partial charge is 0.573 e. The molecule has 0 saturated carbocycles. The van der Waals surface area contributed by atoms with E-state index in [9.17, 15) is 23.1 Å². The Kier molecular flexibility index (Phi) is 9.24. The SMILES string of the molecule is CC(C)c1cnc(N(CCc2ccc(OC(C)(C)C(=O)O)c(Br)c2)Cc2ccc(OC(F)(F)F)cc2)nc1. The van der Waals surface area contributed by atoms with E-state index in [2.05, 4.69) is 30.6 Å². The minimum Gasteiger partial charge on any atom is -0.478 e. The minimum absolute atomic E-state index is 0.267. The zero-order chi connectivity index (χ0) is 28.1. The fourth-order valence-electron chi connectivity index (χ4n) is 3.42. The van der Waals surface area contributed by atoms with Crippen molar-refractivity contribution >= 4 is 27.8 Å². The number of carbonyl (C=O) groups is 1. The topological polar surface area (TPSA) is 84.8 Å². The van der Waals surface area contributed by atoms with Crippen LogP contribution in [0.15, 0.2) is 59.3 Å². The quantitative estimate of drug-likeness (QED) is 0.262. The van der Waals surface area contributed by atoms with Gasteiger partial charge in [0.1, 0.15) is 11.5 Å². The molecule has 0 amide bonds. The zero-order valence-electron chi connectivity index (χ0n) is 21.4. The third-order valence-corrected chi connectivity index (χ3v) is 6.30. The first-order chi connectivity index (χ1) is 17.7. The summed E-state index contributed by atoms with van der Waals surface area (Å²) < 4.78 is 47.7. The second-order valence-corrected chi connectivity index (χ2v) is 10.4. The van der Waals surface area contributed by atoms with E-state index in [-0.39, 0.29) is 11.7 Å². The van der Waals surface area contributed by atoms with E-state index >= 15 is 0 Å². The second kappa shape index (κ2) is 12.0. The van der Waals surface area contributed by atoms with Crippen LogP contribution in [0.4, 0.5) is 19.1 Å². The monoisotopic (exact) mass is 595 g/mol. The third-order valence-electron chi connectivity index (χ3n) is 5.68. The van der Waals surface area contributed by atoms with E-state index in [0.717, 1.165) is 16.7 Å². The Morgan fingerprint density at radius 3 is 2.16 bits per heavy atom. The van der Waals surface area contributed by atoms with Crippen LogP contribution in [-0.4, -0.2) is 39.6 Å². The van der Waals surface area contributed by atoms with Crippen LogP contribution in [0, 0.1) is 0 Å². The van der Waals surface area contributed by atoms with Gasteiger partial charge in [-0.2, -0.15) is 0 Å². The van der Waals surface area contributed by atoms with Crippen LogP contribution in [0.25, 0.3) is 0 Å². The molecule has 0 aliphatic rings. The first-order valence-electron chi connectivity index (χ1n) is 11.9. The summed E-state index contributed by atoms with van der Waals surface area (Å²) in [6.45, 7) is 7.91. The number of hydrogen-bond acceptors (Lipinski definition) is 6. The van der Waals surface area contributed by atoms with E-state index in [1.165, 1.54) is 26.0 Å². The highest BCUT2D eigenvalue weighted by Crippen LogP contribution is 2.30. The molecule has 0 aliphatic heterocycles. The molecule has 0 saturated heterocycles. The van der Waals surface area contributed by atoms with E-state index in [1.807, 2.05) is 30.9 Å². The standard InChI is InChI=1S/C27H29BrF3N3O4/c1-17(2)20-14-32-25(33-15-20)34(16-19-5-8-21(9-6-19)37-27(29,30)31)12-11-18-7-10-23(22(28)13-18)38-26(3,4)24(35)36/h5-10,13-15,17H,11-12,16H2,1-4H3,(H,35,36). The number of hydrogen-bond donors (Lipinski definition) is 1. The molecule has 7 nitrogen and oxygen atoms in total. The van der Waals surface area contributed by atoms with Gasteiger partial charge >= 0.3 is 12.3 Å². The van der Waals surface area contributed by atoms with Crippen molar-refractivity contribution in [3.8, 4) is 11.5 Å². The Balaban J connectivity index is 1.78. The van der Waals surface area contributed by atoms with Crippen LogP contribution in [-0.2, 0) is 17.8 Å². The fourth-order valence-corrected chi connectivity index (χ4v) is 3.93. The van der Waals surface area contributed by atoms with Crippen LogP contribution in [0.5, 0.6) is 11.5 Å². The van der Waals surface area contributed by atoms with Crippen molar-refractivity contribution in [3.05, 3.63) is 76.0 Å². The number of rotatable bonds is 11. The number of anilines is 1. The van der Waals surface area contributed by atoms with Gasteiger partial charge in [-0.25, -0.2) is 14.8 Å². The van der Waals surface area contributed by atoms with Gasteiger partial charge < -0.3 is 19.5 Å². The number of carboxylic acid groups (broad SMARTS) is 1. The van der Waals surface area contributed by atoms with E-state index in [0.29, 0.717) is 35.7 Å². The van der Waals surface area contributed by atoms with Crippen LogP contribution < -0.4 is 14.4 Å². The number of ether oxygens (including phenoxy) is 2. The highest BCUT2D eigenvalue weighted by molar-refractivity contribution is 9.10. The molecule has 0 radical (unpaired) electrons. The molecule has 0 atom stereocenters. The van der Waals surface area contributed by atoms with Crippen molar-refractivity contribution in [2.45, 2.75) is 58.5 Å². The maximum atomic E-state index is 12.5. The molecule has 3 rings (SSSR count). The lowest BCUT2D eigenvalue weighted by atomic mass is 10.1. The summed E-state index contributed by atoms with van der Waals surface area (Å²) in [5.41, 5.74) is 1.32. The predicted molar refractivity (Wildman–Crippen MR) is 140 cm³/mol. The molecule has 11 heteroatoms. The highest BCUT2D eigenvalue weighted by atomic mass is 79.9. The Bertz CT molecular complexity index is 1230. The van der Waals surface area contributed by atoms with Gasteiger partial charge in [0.25, 0.3) is 0 Å². The van der Waals surface area contributed by atoms with Crippen LogP contribution >= 0.6 is 15.9 Å². The van der Waals surface area contributed by atoms with Crippen molar-refractivity contribution in [1.82, 2.24) is 9.97 Å². The molecule has 1 N–H and O–H groups in total. The molecule has 0 spiro atoms.